The Balaban J connectivity index is -0.0000000249. The van der Waals surface area contributed by atoms with Gasteiger partial charge in [0.2, 0.25) is 0 Å². The lowest BCUT2D eigenvalue weighted by atomic mass is 10.2. The second-order valence-electron chi connectivity index (χ2n) is 3.31. The lowest BCUT2D eigenvalue weighted by Crippen LogP contribution is -1.62. The molecule has 0 N–H and O–H groups in total. The van der Waals surface area contributed by atoms with Gasteiger partial charge < -0.3 is 0 Å². The summed E-state index contributed by atoms with van der Waals surface area (Å²) in [7, 11) is 4.50. The zero-order valence-electron chi connectivity index (χ0n) is 28.4. The van der Waals surface area contributed by atoms with Crippen LogP contribution < -0.4 is 0 Å². The van der Waals surface area contributed by atoms with E-state index in [1.807, 2.05) is 161 Å². The van der Waals surface area contributed by atoms with Crippen LogP contribution in [0.1, 0.15) is 136 Å². The highest BCUT2D eigenvalue weighted by Gasteiger charge is 1.72. The smallest absolute Gasteiger partial charge is 0.0606 e. The Morgan fingerprint density at radius 3 is 0.471 bits per heavy atom. The molecule has 0 heterocycles. The van der Waals surface area contributed by atoms with E-state index < -0.39 is 0 Å². The van der Waals surface area contributed by atoms with E-state index in [0.29, 0.717) is 0 Å². The fourth-order valence-electron chi connectivity index (χ4n) is 1.07. The van der Waals surface area contributed by atoms with Crippen LogP contribution in [0.25, 0.3) is 0 Å². The second kappa shape index (κ2) is 139. The summed E-state index contributed by atoms with van der Waals surface area (Å²) in [6.07, 6.45) is 0. The van der Waals surface area contributed by atoms with Crippen LogP contribution in [0.15, 0.2) is 60.7 Å². The van der Waals surface area contributed by atoms with Crippen molar-refractivity contribution in [2.24, 2.45) is 0 Å². The molecule has 0 amide bonds. The zero-order chi connectivity index (χ0) is 30.2. The molecule has 2 rings (SSSR count). The van der Waals surface area contributed by atoms with Gasteiger partial charge in [0, 0.05) is 0 Å². The molecule has 208 valence electrons. The van der Waals surface area contributed by atoms with Crippen LogP contribution >= 0.6 is 0 Å². The number of benzene rings is 2. The minimum atomic E-state index is 1.32. The predicted octanol–water partition coefficient (Wildman–Crippen LogP) is 13.4. The molecule has 0 fully saturated rings. The van der Waals surface area contributed by atoms with Gasteiger partial charge in [0.05, 0.1) is 7.85 Å². The van der Waals surface area contributed by atoms with Crippen LogP contribution in [0.3, 0.4) is 0 Å². The Hall–Kier alpha value is -1.50. The average Bonchev–Trinajstić information content (AvgIpc) is 3.00. The highest BCUT2D eigenvalue weighted by molar-refractivity contribution is 6.05. The van der Waals surface area contributed by atoms with Gasteiger partial charge in [-0.15, -0.1) is 0 Å². The molecular formula is C33H73B. The molecule has 0 unspecified atom stereocenters. The van der Waals surface area contributed by atoms with E-state index >= 15 is 0 Å². The molecular weight excluding hydrogens is 407 g/mol. The molecule has 1 heteroatoms. The van der Waals surface area contributed by atoms with Gasteiger partial charge in [-0.25, -0.2) is 0 Å². The van der Waals surface area contributed by atoms with Crippen molar-refractivity contribution in [2.45, 2.75) is 145 Å². The predicted molar refractivity (Wildman–Crippen MR) is 176 cm³/mol. The molecule has 2 aromatic rings. The van der Waals surface area contributed by atoms with Gasteiger partial charge in [-0.1, -0.05) is 203 Å². The highest BCUT2D eigenvalue weighted by Crippen LogP contribution is 1.92. The maximum atomic E-state index is 4.50. The Labute approximate surface area is 224 Å². The first kappa shape index (κ1) is 63.7. The summed E-state index contributed by atoms with van der Waals surface area (Å²) in [5.41, 5.74) is 2.64. The van der Waals surface area contributed by atoms with Crippen LogP contribution in [0.4, 0.5) is 0 Å². The van der Waals surface area contributed by atoms with Crippen molar-refractivity contribution >= 4 is 7.85 Å². The molecule has 2 radical (unpaired) electrons. The van der Waals surface area contributed by atoms with Crippen molar-refractivity contribution < 1.29 is 0 Å². The first-order valence-corrected chi connectivity index (χ1v) is 14.4. The van der Waals surface area contributed by atoms with Crippen LogP contribution in [-0.4, -0.2) is 7.85 Å². The molecule has 2 aromatic carbocycles. The number of rotatable bonds is 0. The van der Waals surface area contributed by atoms with Crippen LogP contribution in [0.2, 0.25) is 6.82 Å². The van der Waals surface area contributed by atoms with Crippen LogP contribution in [0.5, 0.6) is 0 Å². The summed E-state index contributed by atoms with van der Waals surface area (Å²) in [5, 5.41) is 0. The first-order chi connectivity index (χ1) is 16.8. The topological polar surface area (TPSA) is 0 Å². The molecule has 0 aliphatic heterocycles. The molecule has 0 saturated carbocycles. The Kier molecular flexibility index (Phi) is 261. The Morgan fingerprint density at radius 1 is 0.294 bits per heavy atom. The summed E-state index contributed by atoms with van der Waals surface area (Å²) < 4.78 is 0. The van der Waals surface area contributed by atoms with Crippen LogP contribution in [-0.2, 0) is 0 Å². The summed E-state index contributed by atoms with van der Waals surface area (Å²) in [6.45, 7) is 41.7. The minimum absolute atomic E-state index is 1.32. The minimum Gasteiger partial charge on any atom is -0.0999 e. The third-order valence-electron chi connectivity index (χ3n) is 1.88. The van der Waals surface area contributed by atoms with E-state index in [2.05, 4.69) is 46.0 Å². The van der Waals surface area contributed by atoms with E-state index in [0.717, 1.165) is 0 Å². The zero-order valence-corrected chi connectivity index (χ0v) is 28.4. The molecule has 0 aliphatic rings. The summed E-state index contributed by atoms with van der Waals surface area (Å²) in [4.78, 5) is 0. The molecule has 0 aromatic heterocycles. The van der Waals surface area contributed by atoms with E-state index in [-0.39, 0.29) is 0 Å². The Morgan fingerprint density at radius 2 is 0.412 bits per heavy atom. The van der Waals surface area contributed by atoms with E-state index in [9.17, 15) is 0 Å². The molecule has 0 saturated heterocycles. The van der Waals surface area contributed by atoms with Gasteiger partial charge in [0.1, 0.15) is 0 Å². The number of hydrogen-bond acceptors (Lipinski definition) is 0. The highest BCUT2D eigenvalue weighted by atomic mass is 13.8. The average molecular weight is 481 g/mol. The molecule has 0 spiro atoms. The standard InChI is InChI=1S/2C7H8.9C2H6.CH3B/c2*1-7-5-3-2-4-6-7;10*1-2/h2*2-6H,1H3;9*1-2H3;1H3. The largest absolute Gasteiger partial charge is 0.0999 e. The number of hydrogen-bond donors (Lipinski definition) is 0. The van der Waals surface area contributed by atoms with Gasteiger partial charge in [-0.3, -0.25) is 0 Å². The van der Waals surface area contributed by atoms with E-state index in [4.69, 9.17) is 0 Å². The maximum Gasteiger partial charge on any atom is 0.0606 e. The fraction of sp³-hybridized carbons (Fsp3) is 0.636. The van der Waals surface area contributed by atoms with Gasteiger partial charge in [0.25, 0.3) is 0 Å². The molecule has 0 bridgehead atoms. The van der Waals surface area contributed by atoms with Crippen molar-refractivity contribution in [3.63, 3.8) is 0 Å². The monoisotopic (exact) mass is 481 g/mol. The maximum absolute atomic E-state index is 4.50. The Bertz CT molecular complexity index is 304. The molecule has 0 aliphatic carbocycles. The number of aryl methyl sites for hydroxylation is 2. The summed E-state index contributed by atoms with van der Waals surface area (Å²) in [6, 6.07) is 20.5. The van der Waals surface area contributed by atoms with Crippen molar-refractivity contribution in [1.82, 2.24) is 0 Å². The molecule has 0 nitrogen and oxygen atoms in total. The second-order valence-corrected chi connectivity index (χ2v) is 3.31. The SMILES string of the molecule is CC.CC.CC.CC.CC.CC.CC.CC.CC.Cc1ccccc1.Cc1ccccc1.[B]C. The molecule has 0 atom stereocenters. The van der Waals surface area contributed by atoms with Gasteiger partial charge >= 0.3 is 0 Å². The quantitative estimate of drug-likeness (QED) is 0.329. The molecule has 34 heavy (non-hydrogen) atoms. The lowest BCUT2D eigenvalue weighted by molar-refractivity contribution is 1.48. The summed E-state index contributed by atoms with van der Waals surface area (Å²) >= 11 is 0. The van der Waals surface area contributed by atoms with E-state index in [1.54, 1.807) is 0 Å². The third-order valence-corrected chi connectivity index (χ3v) is 1.88. The van der Waals surface area contributed by atoms with E-state index in [1.165, 1.54) is 17.9 Å². The first-order valence-electron chi connectivity index (χ1n) is 14.4. The van der Waals surface area contributed by atoms with Crippen molar-refractivity contribution in [3.8, 4) is 0 Å². The van der Waals surface area contributed by atoms with Crippen molar-refractivity contribution in [2.75, 3.05) is 0 Å². The summed E-state index contributed by atoms with van der Waals surface area (Å²) in [5.74, 6) is 0. The van der Waals surface area contributed by atoms with Gasteiger partial charge in [0.15, 0.2) is 0 Å². The van der Waals surface area contributed by atoms with Crippen molar-refractivity contribution in [3.05, 3.63) is 71.8 Å². The van der Waals surface area contributed by atoms with Crippen LogP contribution in [0, 0.1) is 13.8 Å². The van der Waals surface area contributed by atoms with Gasteiger partial charge in [-0.05, 0) is 13.8 Å². The normalized spacial score (nSPS) is 5.32. The van der Waals surface area contributed by atoms with Crippen molar-refractivity contribution in [1.29, 1.82) is 0 Å². The lowest BCUT2D eigenvalue weighted by Gasteiger charge is -1.82. The fourth-order valence-corrected chi connectivity index (χ4v) is 1.07. The van der Waals surface area contributed by atoms with Gasteiger partial charge in [-0.2, -0.15) is 0 Å². The third kappa shape index (κ3) is 126.